The third-order valence-electron chi connectivity index (χ3n) is 4.73. The number of carbonyl (C=O) groups excluding carboxylic acids is 2. The quantitative estimate of drug-likeness (QED) is 0.802. The molecular formula is C19H29NO3S. The van der Waals surface area contributed by atoms with Crippen molar-refractivity contribution in [2.45, 2.75) is 60.3 Å². The van der Waals surface area contributed by atoms with Crippen LogP contribution in [0.25, 0.3) is 0 Å². The molecule has 1 aromatic heterocycles. The van der Waals surface area contributed by atoms with Crippen LogP contribution in [0.1, 0.15) is 68.3 Å². The fourth-order valence-corrected chi connectivity index (χ4v) is 4.61. The van der Waals surface area contributed by atoms with Gasteiger partial charge in [-0.05, 0) is 42.1 Å². The number of hydrogen-bond acceptors (Lipinski definition) is 4. The van der Waals surface area contributed by atoms with E-state index in [1.165, 1.54) is 12.0 Å². The number of esters is 1. The van der Waals surface area contributed by atoms with Crippen LogP contribution in [0.4, 0.5) is 5.00 Å². The Labute approximate surface area is 149 Å². The van der Waals surface area contributed by atoms with Crippen molar-refractivity contribution in [1.29, 1.82) is 0 Å². The number of methoxy groups -OCH3 is 1. The molecule has 0 aromatic carbocycles. The zero-order valence-electron chi connectivity index (χ0n) is 15.6. The lowest BCUT2D eigenvalue weighted by Gasteiger charge is -2.33. The Kier molecular flexibility index (Phi) is 5.74. The van der Waals surface area contributed by atoms with Gasteiger partial charge in [-0.25, -0.2) is 4.79 Å². The topological polar surface area (TPSA) is 55.4 Å². The van der Waals surface area contributed by atoms with Gasteiger partial charge in [0.15, 0.2) is 0 Å². The molecule has 1 amide bonds. The van der Waals surface area contributed by atoms with Crippen molar-refractivity contribution in [2.75, 3.05) is 12.4 Å². The van der Waals surface area contributed by atoms with E-state index < -0.39 is 0 Å². The second-order valence-corrected chi connectivity index (χ2v) is 9.26. The summed E-state index contributed by atoms with van der Waals surface area (Å²) in [5, 5.41) is 3.61. The van der Waals surface area contributed by atoms with Gasteiger partial charge in [0.1, 0.15) is 5.00 Å². The molecule has 1 atom stereocenters. The van der Waals surface area contributed by atoms with Crippen LogP contribution in [0.3, 0.4) is 0 Å². The fraction of sp³-hybridized carbons (Fsp3) is 0.684. The van der Waals surface area contributed by atoms with Crippen LogP contribution in [0.5, 0.6) is 0 Å². The molecule has 5 heteroatoms. The average Bonchev–Trinajstić information content (AvgIpc) is 2.81. The van der Waals surface area contributed by atoms with Crippen molar-refractivity contribution in [3.8, 4) is 0 Å². The van der Waals surface area contributed by atoms with E-state index in [0.717, 1.165) is 24.8 Å². The van der Waals surface area contributed by atoms with Gasteiger partial charge in [-0.3, -0.25) is 4.79 Å². The summed E-state index contributed by atoms with van der Waals surface area (Å²) in [5.74, 6) is 0.488. The third kappa shape index (κ3) is 4.18. The first-order valence-electron chi connectivity index (χ1n) is 8.66. The molecule has 1 N–H and O–H groups in total. The molecule has 0 unspecified atom stereocenters. The molecule has 4 nitrogen and oxygen atoms in total. The summed E-state index contributed by atoms with van der Waals surface area (Å²) in [7, 11) is 1.40. The molecule has 1 heterocycles. The smallest absolute Gasteiger partial charge is 0.341 e. The molecule has 0 saturated heterocycles. The Morgan fingerprint density at radius 2 is 2.00 bits per heavy atom. The number of nitrogens with one attached hydrogen (secondary N) is 1. The number of hydrogen-bond donors (Lipinski definition) is 1. The van der Waals surface area contributed by atoms with Gasteiger partial charge >= 0.3 is 5.97 Å². The van der Waals surface area contributed by atoms with Gasteiger partial charge < -0.3 is 10.1 Å². The van der Waals surface area contributed by atoms with Crippen molar-refractivity contribution >= 4 is 28.2 Å². The molecule has 0 radical (unpaired) electrons. The van der Waals surface area contributed by atoms with Gasteiger partial charge in [0.2, 0.25) is 5.91 Å². The Hall–Kier alpha value is -1.36. The third-order valence-corrected chi connectivity index (χ3v) is 5.90. The highest BCUT2D eigenvalue weighted by Crippen LogP contribution is 2.44. The van der Waals surface area contributed by atoms with Gasteiger partial charge in [0.25, 0.3) is 0 Å². The average molecular weight is 352 g/mol. The molecule has 0 fully saturated rings. The molecule has 0 saturated carbocycles. The van der Waals surface area contributed by atoms with Crippen molar-refractivity contribution in [1.82, 2.24) is 0 Å². The SMILES string of the molecule is COC(=O)c1c(NC(=O)CC(C)C)sc2c1CC[C@@H](C(C)(C)C)C2. The number of carbonyl (C=O) groups is 2. The zero-order valence-corrected chi connectivity index (χ0v) is 16.4. The minimum atomic E-state index is -0.346. The maximum atomic E-state index is 12.3. The number of thiophene rings is 1. The predicted octanol–water partition coefficient (Wildman–Crippen LogP) is 4.67. The van der Waals surface area contributed by atoms with E-state index in [9.17, 15) is 9.59 Å². The summed E-state index contributed by atoms with van der Waals surface area (Å²) >= 11 is 1.55. The Morgan fingerprint density at radius 3 is 2.54 bits per heavy atom. The maximum absolute atomic E-state index is 12.3. The maximum Gasteiger partial charge on any atom is 0.341 e. The van der Waals surface area contributed by atoms with E-state index in [4.69, 9.17) is 4.74 Å². The van der Waals surface area contributed by atoms with Crippen LogP contribution >= 0.6 is 11.3 Å². The van der Waals surface area contributed by atoms with Crippen LogP contribution in [-0.2, 0) is 22.4 Å². The molecule has 134 valence electrons. The lowest BCUT2D eigenvalue weighted by molar-refractivity contribution is -0.116. The zero-order chi connectivity index (χ0) is 18.1. The second-order valence-electron chi connectivity index (χ2n) is 8.15. The Bertz CT molecular complexity index is 625. The molecule has 2 rings (SSSR count). The first kappa shape index (κ1) is 19.0. The summed E-state index contributed by atoms with van der Waals surface area (Å²) in [6, 6.07) is 0. The summed E-state index contributed by atoms with van der Waals surface area (Å²) in [6.07, 6.45) is 3.36. The first-order chi connectivity index (χ1) is 11.1. The number of fused-ring (bicyclic) bond motifs is 1. The van der Waals surface area contributed by atoms with Crippen LogP contribution in [0, 0.1) is 17.3 Å². The molecule has 1 aliphatic rings. The van der Waals surface area contributed by atoms with Gasteiger partial charge in [0.05, 0.1) is 12.7 Å². The minimum Gasteiger partial charge on any atom is -0.465 e. The van der Waals surface area contributed by atoms with Crippen molar-refractivity contribution in [3.05, 3.63) is 16.0 Å². The van der Waals surface area contributed by atoms with E-state index in [1.54, 1.807) is 11.3 Å². The molecule has 24 heavy (non-hydrogen) atoms. The highest BCUT2D eigenvalue weighted by molar-refractivity contribution is 7.17. The van der Waals surface area contributed by atoms with Crippen molar-refractivity contribution < 1.29 is 14.3 Å². The normalized spacial score (nSPS) is 17.5. The van der Waals surface area contributed by atoms with Crippen molar-refractivity contribution in [2.24, 2.45) is 17.3 Å². The largest absolute Gasteiger partial charge is 0.465 e. The minimum absolute atomic E-state index is 0.0406. The summed E-state index contributed by atoms with van der Waals surface area (Å²) in [5.41, 5.74) is 1.89. The second kappa shape index (κ2) is 7.26. The highest BCUT2D eigenvalue weighted by Gasteiger charge is 2.34. The summed E-state index contributed by atoms with van der Waals surface area (Å²) in [6.45, 7) is 10.8. The van der Waals surface area contributed by atoms with Gasteiger partial charge in [-0.2, -0.15) is 0 Å². The van der Waals surface area contributed by atoms with Crippen LogP contribution < -0.4 is 5.32 Å². The van der Waals surface area contributed by atoms with Gasteiger partial charge in [-0.1, -0.05) is 34.6 Å². The summed E-state index contributed by atoms with van der Waals surface area (Å²) in [4.78, 5) is 25.7. The standard InChI is InChI=1S/C19H29NO3S/c1-11(2)9-15(21)20-17-16(18(22)23-6)13-8-7-12(19(3,4)5)10-14(13)24-17/h11-12H,7-10H2,1-6H3,(H,20,21)/t12-/m1/s1. The van der Waals surface area contributed by atoms with E-state index in [-0.39, 0.29) is 23.2 Å². The van der Waals surface area contributed by atoms with Crippen molar-refractivity contribution in [3.63, 3.8) is 0 Å². The molecule has 1 aliphatic carbocycles. The van der Waals surface area contributed by atoms with E-state index in [1.807, 2.05) is 13.8 Å². The summed E-state index contributed by atoms with van der Waals surface area (Å²) < 4.78 is 4.97. The molecular weight excluding hydrogens is 322 g/mol. The number of anilines is 1. The monoisotopic (exact) mass is 351 g/mol. The lowest BCUT2D eigenvalue weighted by Crippen LogP contribution is -2.26. The molecule has 0 bridgehead atoms. The number of ether oxygens (including phenoxy) is 1. The lowest BCUT2D eigenvalue weighted by atomic mass is 9.72. The Balaban J connectivity index is 2.33. The van der Waals surface area contributed by atoms with E-state index in [2.05, 4.69) is 26.1 Å². The predicted molar refractivity (Wildman–Crippen MR) is 98.7 cm³/mol. The van der Waals surface area contributed by atoms with Gasteiger partial charge in [0, 0.05) is 11.3 Å². The number of amides is 1. The van der Waals surface area contributed by atoms with E-state index >= 15 is 0 Å². The number of rotatable bonds is 4. The Morgan fingerprint density at radius 1 is 1.33 bits per heavy atom. The molecule has 0 spiro atoms. The van der Waals surface area contributed by atoms with Crippen LogP contribution in [0.15, 0.2) is 0 Å². The van der Waals surface area contributed by atoms with Gasteiger partial charge in [-0.15, -0.1) is 11.3 Å². The first-order valence-corrected chi connectivity index (χ1v) is 9.47. The highest BCUT2D eigenvalue weighted by atomic mass is 32.1. The molecule has 0 aliphatic heterocycles. The van der Waals surface area contributed by atoms with Crippen LogP contribution in [-0.4, -0.2) is 19.0 Å². The molecule has 1 aromatic rings. The fourth-order valence-electron chi connectivity index (χ4n) is 3.28. The van der Waals surface area contributed by atoms with E-state index in [0.29, 0.717) is 22.9 Å². The van der Waals surface area contributed by atoms with Crippen LogP contribution in [0.2, 0.25) is 0 Å².